The van der Waals surface area contributed by atoms with E-state index in [2.05, 4.69) is 10.4 Å². The van der Waals surface area contributed by atoms with E-state index in [0.717, 1.165) is 34.0 Å². The van der Waals surface area contributed by atoms with E-state index in [0.29, 0.717) is 24.2 Å². The molecule has 1 aromatic heterocycles. The second-order valence-corrected chi connectivity index (χ2v) is 9.22. The Bertz CT molecular complexity index is 1590. The summed E-state index contributed by atoms with van der Waals surface area (Å²) in [6, 6.07) is 29.0. The van der Waals surface area contributed by atoms with Crippen molar-refractivity contribution in [1.82, 2.24) is 9.78 Å². The van der Waals surface area contributed by atoms with Crippen LogP contribution in [-0.2, 0) is 35.4 Å². The summed E-state index contributed by atoms with van der Waals surface area (Å²) < 4.78 is 48.2. The first-order valence-corrected chi connectivity index (χ1v) is 12.4. The lowest BCUT2D eigenvalue weighted by Gasteiger charge is -2.12. The van der Waals surface area contributed by atoms with Crippen molar-refractivity contribution < 1.29 is 22.7 Å². The summed E-state index contributed by atoms with van der Waals surface area (Å²) in [5, 5.41) is 8.29. The second-order valence-electron chi connectivity index (χ2n) is 9.22. The Morgan fingerprint density at radius 3 is 2.31 bits per heavy atom. The van der Waals surface area contributed by atoms with Crippen molar-refractivity contribution in [2.75, 3.05) is 5.32 Å². The number of anilines is 1. The number of nitrogens with zero attached hydrogens (tertiary/aromatic N) is 2. The summed E-state index contributed by atoms with van der Waals surface area (Å²) in [5.41, 5.74) is 4.25. The number of benzene rings is 4. The molecule has 8 heteroatoms. The van der Waals surface area contributed by atoms with Crippen LogP contribution in [0.1, 0.15) is 29.2 Å². The van der Waals surface area contributed by atoms with Crippen molar-refractivity contribution in [3.63, 3.8) is 0 Å². The van der Waals surface area contributed by atoms with E-state index in [-0.39, 0.29) is 18.1 Å². The first kappa shape index (κ1) is 26.0. The summed E-state index contributed by atoms with van der Waals surface area (Å²) in [6.07, 6.45) is -4.51. The van der Waals surface area contributed by atoms with E-state index in [1.54, 1.807) is 10.7 Å². The monoisotopic (exact) mass is 529 g/mol. The molecule has 0 unspecified atom stereocenters. The lowest BCUT2D eigenvalue weighted by molar-refractivity contribution is -0.142. The summed E-state index contributed by atoms with van der Waals surface area (Å²) in [7, 11) is 0. The maximum absolute atomic E-state index is 13.8. The van der Waals surface area contributed by atoms with Crippen molar-refractivity contribution in [1.29, 1.82) is 0 Å². The third-order valence-electron chi connectivity index (χ3n) is 6.35. The third kappa shape index (κ3) is 6.12. The van der Waals surface area contributed by atoms with Crippen molar-refractivity contribution in [3.8, 4) is 11.3 Å². The SMILES string of the molecule is CC(=O)OCc1ccc(CNc2cccc(-c3c4cccc(C(F)(F)F)c4nn3Cc3ccccc3)c2)cc1. The average molecular weight is 530 g/mol. The van der Waals surface area contributed by atoms with E-state index >= 15 is 0 Å². The number of nitrogens with one attached hydrogen (secondary N) is 1. The fourth-order valence-electron chi connectivity index (χ4n) is 4.48. The van der Waals surface area contributed by atoms with Gasteiger partial charge in [0.05, 0.1) is 17.8 Å². The first-order chi connectivity index (χ1) is 18.8. The van der Waals surface area contributed by atoms with Crippen LogP contribution < -0.4 is 5.32 Å². The molecule has 1 N–H and O–H groups in total. The van der Waals surface area contributed by atoms with Gasteiger partial charge in [-0.2, -0.15) is 18.3 Å². The summed E-state index contributed by atoms with van der Waals surface area (Å²) in [6.45, 7) is 2.48. The number of aromatic nitrogens is 2. The number of ether oxygens (including phenoxy) is 1. The van der Waals surface area contributed by atoms with Crippen molar-refractivity contribution in [2.24, 2.45) is 0 Å². The van der Waals surface area contributed by atoms with Gasteiger partial charge < -0.3 is 10.1 Å². The number of hydrogen-bond acceptors (Lipinski definition) is 4. The summed E-state index contributed by atoms with van der Waals surface area (Å²) in [4.78, 5) is 11.0. The molecule has 0 atom stereocenters. The van der Waals surface area contributed by atoms with Crippen LogP contribution in [0.15, 0.2) is 97.1 Å². The van der Waals surface area contributed by atoms with Gasteiger partial charge in [0.15, 0.2) is 0 Å². The van der Waals surface area contributed by atoms with Gasteiger partial charge in [-0.25, -0.2) is 0 Å². The number of rotatable bonds is 8. The van der Waals surface area contributed by atoms with E-state index in [1.807, 2.05) is 78.9 Å². The largest absolute Gasteiger partial charge is 0.461 e. The molecule has 0 aliphatic carbocycles. The van der Waals surface area contributed by atoms with E-state index in [4.69, 9.17) is 4.74 Å². The Morgan fingerprint density at radius 2 is 1.59 bits per heavy atom. The van der Waals surface area contributed by atoms with E-state index in [9.17, 15) is 18.0 Å². The molecule has 0 bridgehead atoms. The highest BCUT2D eigenvalue weighted by Crippen LogP contribution is 2.38. The molecule has 0 fully saturated rings. The Labute approximate surface area is 223 Å². The van der Waals surface area contributed by atoms with Crippen LogP contribution in [0.2, 0.25) is 0 Å². The molecule has 5 aromatic rings. The van der Waals surface area contributed by atoms with Crippen molar-refractivity contribution in [3.05, 3.63) is 119 Å². The zero-order valence-corrected chi connectivity index (χ0v) is 21.2. The molecule has 0 spiro atoms. The van der Waals surface area contributed by atoms with Crippen molar-refractivity contribution in [2.45, 2.75) is 32.8 Å². The topological polar surface area (TPSA) is 56.1 Å². The third-order valence-corrected chi connectivity index (χ3v) is 6.35. The molecule has 0 saturated heterocycles. The average Bonchev–Trinajstić information content (AvgIpc) is 3.29. The molecule has 0 amide bonds. The number of carbonyl (C=O) groups is 1. The predicted octanol–water partition coefficient (Wildman–Crippen LogP) is 7.45. The number of esters is 1. The number of fused-ring (bicyclic) bond motifs is 1. The summed E-state index contributed by atoms with van der Waals surface area (Å²) >= 11 is 0. The van der Waals surface area contributed by atoms with Crippen LogP contribution in [0.5, 0.6) is 0 Å². The van der Waals surface area contributed by atoms with Gasteiger partial charge >= 0.3 is 12.1 Å². The quantitative estimate of drug-likeness (QED) is 0.212. The van der Waals surface area contributed by atoms with Crippen LogP contribution >= 0.6 is 0 Å². The standard InChI is InChI=1S/C31H26F3N3O2/c1-21(38)39-20-24-15-13-22(14-16-24)18-35-26-10-5-9-25(17-26)30-27-11-6-12-28(31(32,33)34)29(27)36-37(30)19-23-7-3-2-4-8-23/h2-17,35H,18-20H2,1H3. The number of hydrogen-bond donors (Lipinski definition) is 1. The fraction of sp³-hybridized carbons (Fsp3) is 0.161. The highest BCUT2D eigenvalue weighted by molar-refractivity contribution is 5.95. The molecule has 1 heterocycles. The molecule has 198 valence electrons. The summed E-state index contributed by atoms with van der Waals surface area (Å²) in [5.74, 6) is -0.326. The van der Waals surface area contributed by atoms with Gasteiger partial charge in [0.1, 0.15) is 12.1 Å². The van der Waals surface area contributed by atoms with Crippen LogP contribution in [0.4, 0.5) is 18.9 Å². The number of carbonyl (C=O) groups excluding carboxylic acids is 1. The molecule has 39 heavy (non-hydrogen) atoms. The molecule has 0 saturated carbocycles. The molecule has 5 rings (SSSR count). The number of halogens is 3. The van der Waals surface area contributed by atoms with Gasteiger partial charge in [-0.05, 0) is 34.9 Å². The highest BCUT2D eigenvalue weighted by atomic mass is 19.4. The van der Waals surface area contributed by atoms with Gasteiger partial charge in [-0.1, -0.05) is 78.9 Å². The van der Waals surface area contributed by atoms with E-state index < -0.39 is 11.7 Å². The molecular weight excluding hydrogens is 503 g/mol. The predicted molar refractivity (Wildman–Crippen MR) is 145 cm³/mol. The smallest absolute Gasteiger partial charge is 0.418 e. The minimum atomic E-state index is -4.51. The van der Waals surface area contributed by atoms with E-state index in [1.165, 1.54) is 13.0 Å². The van der Waals surface area contributed by atoms with Gasteiger partial charge in [0.2, 0.25) is 0 Å². The maximum atomic E-state index is 13.8. The molecular formula is C31H26F3N3O2. The second kappa shape index (κ2) is 11.0. The Kier molecular flexibility index (Phi) is 7.36. The van der Waals surface area contributed by atoms with Gasteiger partial charge in [-0.3, -0.25) is 9.48 Å². The molecule has 5 nitrogen and oxygen atoms in total. The van der Waals surface area contributed by atoms with Crippen LogP contribution in [0, 0.1) is 0 Å². The normalized spacial score (nSPS) is 11.5. The molecule has 4 aromatic carbocycles. The van der Waals surface area contributed by atoms with Crippen LogP contribution in [0.3, 0.4) is 0 Å². The van der Waals surface area contributed by atoms with Crippen LogP contribution in [-0.4, -0.2) is 15.7 Å². The number of alkyl halides is 3. The Balaban J connectivity index is 1.45. The van der Waals surface area contributed by atoms with Crippen molar-refractivity contribution >= 4 is 22.6 Å². The maximum Gasteiger partial charge on any atom is 0.418 e. The molecule has 0 radical (unpaired) electrons. The van der Waals surface area contributed by atoms with Gasteiger partial charge in [0, 0.05) is 30.1 Å². The molecule has 0 aliphatic rings. The zero-order chi connectivity index (χ0) is 27.4. The Hall–Kier alpha value is -4.59. The minimum absolute atomic E-state index is 0.0665. The zero-order valence-electron chi connectivity index (χ0n) is 21.2. The minimum Gasteiger partial charge on any atom is -0.461 e. The Morgan fingerprint density at radius 1 is 0.872 bits per heavy atom. The lowest BCUT2D eigenvalue weighted by atomic mass is 10.0. The van der Waals surface area contributed by atoms with Gasteiger partial charge in [0.25, 0.3) is 0 Å². The fourth-order valence-corrected chi connectivity index (χ4v) is 4.48. The first-order valence-electron chi connectivity index (χ1n) is 12.4. The van der Waals surface area contributed by atoms with Crippen LogP contribution in [0.25, 0.3) is 22.2 Å². The highest BCUT2D eigenvalue weighted by Gasteiger charge is 2.34. The van der Waals surface area contributed by atoms with Gasteiger partial charge in [-0.15, -0.1) is 0 Å². The molecule has 0 aliphatic heterocycles. The lowest BCUT2D eigenvalue weighted by Crippen LogP contribution is -2.06.